The Kier molecular flexibility index (Phi) is 9.00. The summed E-state index contributed by atoms with van der Waals surface area (Å²) in [5.74, 6) is -4.17. The van der Waals surface area contributed by atoms with Crippen LogP contribution in [0.3, 0.4) is 0 Å². The molecule has 2 N–H and O–H groups in total. The average molecular weight is 731 g/mol. The van der Waals surface area contributed by atoms with Crippen LogP contribution in [0.15, 0.2) is 72.4 Å². The fourth-order valence-electron chi connectivity index (χ4n) is 7.33. The molecule has 4 aliphatic carbocycles. The molecule has 3 saturated carbocycles. The van der Waals surface area contributed by atoms with E-state index < -0.39 is 74.0 Å². The van der Waals surface area contributed by atoms with Crippen molar-refractivity contribution in [2.45, 2.75) is 75.3 Å². The summed E-state index contributed by atoms with van der Waals surface area (Å²) in [4.78, 5) is 62.8. The molecule has 0 radical (unpaired) electrons. The van der Waals surface area contributed by atoms with Gasteiger partial charge in [-0.05, 0) is 94.4 Å². The predicted octanol–water partition coefficient (Wildman–Crippen LogP) is 4.21. The Bertz CT molecular complexity index is 2020. The van der Waals surface area contributed by atoms with Crippen molar-refractivity contribution in [2.75, 3.05) is 13.2 Å². The number of imide groups is 1. The quantitative estimate of drug-likeness (QED) is 0.353. The number of carbonyl (C=O) groups excluding carboxylic acids is 4. The first-order valence-electron chi connectivity index (χ1n) is 17.5. The molecule has 1 aliphatic heterocycles. The molecule has 13 nitrogen and oxygen atoms in total. The first-order chi connectivity index (χ1) is 24.7. The van der Waals surface area contributed by atoms with Crippen LogP contribution in [0.25, 0.3) is 11.1 Å². The van der Waals surface area contributed by atoms with Gasteiger partial charge in [0.15, 0.2) is 0 Å². The molecule has 0 saturated heterocycles. The minimum absolute atomic E-state index is 0.0310. The lowest BCUT2D eigenvalue weighted by Crippen LogP contribution is -2.56. The Hall–Kier alpha value is -4.98. The van der Waals surface area contributed by atoms with E-state index >= 15 is 0 Å². The zero-order valence-corrected chi connectivity index (χ0v) is 30.1. The molecule has 1 heterocycles. The summed E-state index contributed by atoms with van der Waals surface area (Å²) in [6.07, 6.45) is 4.33. The number of sulfonamides is 1. The molecule has 2 aromatic carbocycles. The number of amides is 4. The van der Waals surface area contributed by atoms with Gasteiger partial charge >= 0.3 is 6.09 Å². The number of nitrogens with zero attached hydrogens (tertiary/aromatic N) is 2. The molecule has 5 aliphatic rings. The first kappa shape index (κ1) is 35.4. The van der Waals surface area contributed by atoms with Gasteiger partial charge in [-0.15, -0.1) is 6.58 Å². The highest BCUT2D eigenvalue weighted by molar-refractivity contribution is 7.91. The average Bonchev–Trinajstić information content (AvgIpc) is 4.00. The Morgan fingerprint density at radius 2 is 1.67 bits per heavy atom. The third-order valence-electron chi connectivity index (χ3n) is 10.3. The van der Waals surface area contributed by atoms with Crippen molar-refractivity contribution in [1.82, 2.24) is 14.9 Å². The SMILES string of the molecule is C=C[C@H]1C[C@]1(NC(=O)[C@@H]1C[C@@H]2C[C@H]1C(=O)N(C(C)(C)C)C(=O)OC/C=C\COc1ccc3c(c1)/C(=N\O2)c1ccccc1-3)C(=O)NS(=O)(=O)C1CC1. The van der Waals surface area contributed by atoms with Crippen molar-refractivity contribution in [2.24, 2.45) is 22.9 Å². The second-order valence-corrected chi connectivity index (χ2v) is 17.0. The number of carbonyl (C=O) groups is 4. The van der Waals surface area contributed by atoms with Crippen LogP contribution in [0.1, 0.15) is 64.0 Å². The molecule has 0 spiro atoms. The number of nitrogens with one attached hydrogen (secondary N) is 2. The summed E-state index contributed by atoms with van der Waals surface area (Å²) in [6.45, 7) is 8.91. The van der Waals surface area contributed by atoms with Crippen molar-refractivity contribution >= 4 is 39.5 Å². The molecule has 7 rings (SSSR count). The fourth-order valence-corrected chi connectivity index (χ4v) is 8.70. The number of hydrogen-bond donors (Lipinski definition) is 2. The van der Waals surface area contributed by atoms with E-state index in [2.05, 4.69) is 21.8 Å². The monoisotopic (exact) mass is 730 g/mol. The van der Waals surface area contributed by atoms with Crippen molar-refractivity contribution in [3.05, 3.63) is 78.4 Å². The maximum Gasteiger partial charge on any atom is 0.417 e. The van der Waals surface area contributed by atoms with Crippen LogP contribution in [0.4, 0.5) is 4.79 Å². The van der Waals surface area contributed by atoms with Gasteiger partial charge in [-0.2, -0.15) is 0 Å². The molecule has 2 aromatic rings. The molecule has 274 valence electrons. The lowest BCUT2D eigenvalue weighted by Gasteiger charge is -2.35. The molecule has 4 bridgehead atoms. The molecular formula is C38H42N4O9S. The van der Waals surface area contributed by atoms with E-state index in [1.807, 2.05) is 42.5 Å². The van der Waals surface area contributed by atoms with E-state index in [0.717, 1.165) is 27.2 Å². The molecule has 4 amide bonds. The zero-order chi connectivity index (χ0) is 37.0. The molecule has 14 heteroatoms. The van der Waals surface area contributed by atoms with Crippen molar-refractivity contribution < 1.29 is 41.9 Å². The predicted molar refractivity (Wildman–Crippen MR) is 190 cm³/mol. The van der Waals surface area contributed by atoms with Crippen molar-refractivity contribution in [1.29, 1.82) is 0 Å². The molecule has 3 fully saturated rings. The van der Waals surface area contributed by atoms with Gasteiger partial charge in [0.05, 0.1) is 17.1 Å². The summed E-state index contributed by atoms with van der Waals surface area (Å²) in [7, 11) is -3.90. The van der Waals surface area contributed by atoms with Crippen LogP contribution in [-0.4, -0.2) is 78.5 Å². The third-order valence-corrected chi connectivity index (χ3v) is 12.1. The largest absolute Gasteiger partial charge is 0.490 e. The van der Waals surface area contributed by atoms with Crippen LogP contribution in [0.2, 0.25) is 0 Å². The standard InChI is InChI=1S/C38H42N4O9S/c1-5-22-21-38(22,35(45)41-52(47,48)25-13-14-25)39-33(43)30-19-24-20-31(30)34(44)42(37(2,3)4)36(46)50-17-9-8-16-49-23-12-15-27-26-10-6-7-11-28(26)32(40-51-24)29(27)18-23/h5-12,15,18,22,24-25,30-31H,1,13-14,16-17,19-21H2,2-4H3,(H,39,43)(H,41,45)/b9-8-,40-32-/t22-,24+,30+,31+,38+/m0/s1. The topological polar surface area (TPSA) is 170 Å². The van der Waals surface area contributed by atoms with E-state index in [4.69, 9.17) is 14.3 Å². The van der Waals surface area contributed by atoms with Gasteiger partial charge in [-0.3, -0.25) is 19.1 Å². The summed E-state index contributed by atoms with van der Waals surface area (Å²) in [6, 6.07) is 13.5. The lowest BCUT2D eigenvalue weighted by molar-refractivity contribution is -0.143. The number of oxime groups is 1. The van der Waals surface area contributed by atoms with Crippen molar-refractivity contribution in [3.63, 3.8) is 0 Å². The van der Waals surface area contributed by atoms with Gasteiger partial charge in [0.2, 0.25) is 21.8 Å². The van der Waals surface area contributed by atoms with Crippen LogP contribution < -0.4 is 14.8 Å². The smallest absolute Gasteiger partial charge is 0.417 e. The third kappa shape index (κ3) is 6.59. The summed E-state index contributed by atoms with van der Waals surface area (Å²) in [5.41, 5.74) is 1.57. The summed E-state index contributed by atoms with van der Waals surface area (Å²) in [5, 5.41) is 6.76. The van der Waals surface area contributed by atoms with E-state index in [0.29, 0.717) is 24.3 Å². The van der Waals surface area contributed by atoms with Gasteiger partial charge in [-0.1, -0.05) is 35.5 Å². The second-order valence-electron chi connectivity index (χ2n) is 15.0. The molecule has 0 unspecified atom stereocenters. The molecular weight excluding hydrogens is 689 g/mol. The maximum absolute atomic E-state index is 14.4. The highest BCUT2D eigenvalue weighted by Gasteiger charge is 2.62. The highest BCUT2D eigenvalue weighted by Crippen LogP contribution is 2.47. The minimum Gasteiger partial charge on any atom is -0.490 e. The highest BCUT2D eigenvalue weighted by atomic mass is 32.2. The van der Waals surface area contributed by atoms with E-state index in [1.54, 1.807) is 32.9 Å². The van der Waals surface area contributed by atoms with E-state index in [-0.39, 0.29) is 32.5 Å². The molecule has 5 atom stereocenters. The summed E-state index contributed by atoms with van der Waals surface area (Å²) >= 11 is 0. The number of rotatable bonds is 6. The number of fused-ring (bicyclic) bond motifs is 6. The first-order valence-corrected chi connectivity index (χ1v) is 19.1. The van der Waals surface area contributed by atoms with Gasteiger partial charge < -0.3 is 19.6 Å². The Morgan fingerprint density at radius 1 is 0.981 bits per heavy atom. The number of ether oxygens (including phenoxy) is 2. The lowest BCUT2D eigenvalue weighted by atomic mass is 9.91. The van der Waals surface area contributed by atoms with Crippen LogP contribution in [-0.2, 0) is 34.0 Å². The Morgan fingerprint density at radius 3 is 2.35 bits per heavy atom. The van der Waals surface area contributed by atoms with E-state index in [1.165, 1.54) is 6.08 Å². The number of benzene rings is 2. The number of cyclic esters (lactones) is 1. The van der Waals surface area contributed by atoms with Gasteiger partial charge in [0, 0.05) is 22.6 Å². The van der Waals surface area contributed by atoms with Crippen LogP contribution in [0.5, 0.6) is 5.75 Å². The molecule has 0 aromatic heterocycles. The number of hydrogen-bond acceptors (Lipinski definition) is 10. The zero-order valence-electron chi connectivity index (χ0n) is 29.3. The summed E-state index contributed by atoms with van der Waals surface area (Å²) < 4.78 is 38.9. The van der Waals surface area contributed by atoms with Gasteiger partial charge in [-0.25, -0.2) is 18.1 Å². The molecule has 52 heavy (non-hydrogen) atoms. The van der Waals surface area contributed by atoms with E-state index in [9.17, 15) is 27.6 Å². The van der Waals surface area contributed by atoms with Crippen molar-refractivity contribution in [3.8, 4) is 16.9 Å². The minimum atomic E-state index is -3.90. The normalized spacial score (nSPS) is 28.8. The van der Waals surface area contributed by atoms with Crippen LogP contribution >= 0.6 is 0 Å². The Balaban J connectivity index is 1.23. The van der Waals surface area contributed by atoms with Crippen LogP contribution in [0, 0.1) is 17.8 Å². The maximum atomic E-state index is 14.4. The van der Waals surface area contributed by atoms with Gasteiger partial charge in [0.25, 0.3) is 5.91 Å². The Labute approximate surface area is 302 Å². The second kappa shape index (κ2) is 13.2. The fraction of sp³-hybridized carbons (Fsp3) is 0.447. The van der Waals surface area contributed by atoms with Gasteiger partial charge in [0.1, 0.15) is 36.3 Å².